The second-order valence-electron chi connectivity index (χ2n) is 5.92. The Kier molecular flexibility index (Phi) is 5.17. The van der Waals surface area contributed by atoms with Crippen LogP contribution in [0.2, 0.25) is 0 Å². The van der Waals surface area contributed by atoms with Gasteiger partial charge in [0.1, 0.15) is 16.8 Å². The van der Waals surface area contributed by atoms with Gasteiger partial charge in [-0.05, 0) is 37.3 Å². The Morgan fingerprint density at radius 2 is 2.08 bits per heavy atom. The molecule has 3 rings (SSSR count). The van der Waals surface area contributed by atoms with E-state index in [4.69, 9.17) is 4.74 Å². The molecule has 1 heterocycles. The fourth-order valence-electron chi connectivity index (χ4n) is 3.14. The van der Waals surface area contributed by atoms with Gasteiger partial charge >= 0.3 is 0 Å². The van der Waals surface area contributed by atoms with Crippen molar-refractivity contribution in [2.24, 2.45) is 0 Å². The average Bonchev–Trinajstić information content (AvgIpc) is 2.75. The van der Waals surface area contributed by atoms with Crippen LogP contribution in [0.4, 0.5) is 5.00 Å². The van der Waals surface area contributed by atoms with Crippen molar-refractivity contribution in [2.45, 2.75) is 38.5 Å². The quantitative estimate of drug-likeness (QED) is 0.853. The van der Waals surface area contributed by atoms with Crippen LogP contribution in [0.3, 0.4) is 0 Å². The number of nitrogens with zero attached hydrogens (tertiary/aromatic N) is 1. The molecule has 1 aromatic heterocycles. The first-order chi connectivity index (χ1) is 11.7. The number of carbonyl (C=O) groups is 1. The van der Waals surface area contributed by atoms with Crippen LogP contribution >= 0.6 is 11.3 Å². The number of nitrogens with one attached hydrogen (secondary N) is 1. The minimum absolute atomic E-state index is 0.118. The largest absolute Gasteiger partial charge is 0.496 e. The summed E-state index contributed by atoms with van der Waals surface area (Å²) in [5.74, 6) is 0.586. The van der Waals surface area contributed by atoms with Crippen LogP contribution in [-0.2, 0) is 24.1 Å². The molecular formula is C19H20N2O2S. The Morgan fingerprint density at radius 1 is 1.29 bits per heavy atom. The summed E-state index contributed by atoms with van der Waals surface area (Å²) < 4.78 is 5.29. The van der Waals surface area contributed by atoms with Gasteiger partial charge in [0.2, 0.25) is 5.91 Å². The average molecular weight is 340 g/mol. The number of carbonyl (C=O) groups excluding carboxylic acids is 1. The maximum Gasteiger partial charge on any atom is 0.229 e. The number of anilines is 1. The van der Waals surface area contributed by atoms with Gasteiger partial charge in [0.15, 0.2) is 0 Å². The summed E-state index contributed by atoms with van der Waals surface area (Å²) in [5.41, 5.74) is 2.65. The highest BCUT2D eigenvalue weighted by Crippen LogP contribution is 2.37. The van der Waals surface area contributed by atoms with Crippen molar-refractivity contribution in [3.05, 3.63) is 45.8 Å². The van der Waals surface area contributed by atoms with Crippen LogP contribution < -0.4 is 10.1 Å². The number of thiophene rings is 1. The summed E-state index contributed by atoms with van der Waals surface area (Å²) in [6.45, 7) is 0. The van der Waals surface area contributed by atoms with E-state index in [-0.39, 0.29) is 12.3 Å². The lowest BCUT2D eigenvalue weighted by atomic mass is 10.1. The van der Waals surface area contributed by atoms with Gasteiger partial charge in [-0.15, -0.1) is 11.3 Å². The van der Waals surface area contributed by atoms with E-state index in [1.54, 1.807) is 18.4 Å². The van der Waals surface area contributed by atoms with E-state index in [1.807, 2.05) is 24.3 Å². The Labute approximate surface area is 146 Å². The standard InChI is InChI=1S/C19H20N2O2S/c1-23-16-9-6-5-7-13(16)11-18(22)21-19-15(12-20)14-8-3-2-4-10-17(14)24-19/h5-7,9H,2-4,8,10-11H2,1H3,(H,21,22). The summed E-state index contributed by atoms with van der Waals surface area (Å²) in [6, 6.07) is 9.79. The third-order valence-corrected chi connectivity index (χ3v) is 5.54. The molecule has 0 fully saturated rings. The molecule has 0 radical (unpaired) electrons. The number of nitriles is 1. The van der Waals surface area contributed by atoms with Gasteiger partial charge < -0.3 is 10.1 Å². The van der Waals surface area contributed by atoms with Gasteiger partial charge in [0.25, 0.3) is 0 Å². The minimum atomic E-state index is -0.118. The number of ether oxygens (including phenoxy) is 1. The minimum Gasteiger partial charge on any atom is -0.496 e. The summed E-state index contributed by atoms with van der Waals surface area (Å²) >= 11 is 1.56. The van der Waals surface area contributed by atoms with Crippen LogP contribution in [-0.4, -0.2) is 13.0 Å². The van der Waals surface area contributed by atoms with Crippen molar-refractivity contribution < 1.29 is 9.53 Å². The molecule has 0 bridgehead atoms. The molecule has 5 heteroatoms. The molecule has 4 nitrogen and oxygen atoms in total. The number of fused-ring (bicyclic) bond motifs is 1. The van der Waals surface area contributed by atoms with E-state index in [2.05, 4.69) is 11.4 Å². The number of benzene rings is 1. The molecule has 1 aliphatic carbocycles. The molecule has 0 saturated heterocycles. The van der Waals surface area contributed by atoms with E-state index in [1.165, 1.54) is 11.3 Å². The predicted molar refractivity (Wildman–Crippen MR) is 95.6 cm³/mol. The molecule has 0 saturated carbocycles. The number of hydrogen-bond acceptors (Lipinski definition) is 4. The molecular weight excluding hydrogens is 320 g/mol. The van der Waals surface area contributed by atoms with Crippen LogP contribution in [0, 0.1) is 11.3 Å². The van der Waals surface area contributed by atoms with E-state index in [0.717, 1.165) is 36.8 Å². The lowest BCUT2D eigenvalue weighted by Crippen LogP contribution is -2.14. The summed E-state index contributed by atoms with van der Waals surface area (Å²) in [4.78, 5) is 13.7. The number of rotatable bonds is 4. The highest BCUT2D eigenvalue weighted by molar-refractivity contribution is 7.16. The van der Waals surface area contributed by atoms with Crippen molar-refractivity contribution in [1.82, 2.24) is 0 Å². The number of amides is 1. The lowest BCUT2D eigenvalue weighted by molar-refractivity contribution is -0.115. The fraction of sp³-hybridized carbons (Fsp3) is 0.368. The zero-order valence-electron chi connectivity index (χ0n) is 13.7. The maximum absolute atomic E-state index is 12.4. The number of methoxy groups -OCH3 is 1. The third kappa shape index (κ3) is 3.44. The van der Waals surface area contributed by atoms with Crippen LogP contribution in [0.25, 0.3) is 0 Å². The molecule has 1 aromatic carbocycles. The molecule has 1 aliphatic rings. The fourth-order valence-corrected chi connectivity index (χ4v) is 4.40. The van der Waals surface area contributed by atoms with Gasteiger partial charge in [-0.25, -0.2) is 0 Å². The molecule has 0 aliphatic heterocycles. The Hall–Kier alpha value is -2.32. The Morgan fingerprint density at radius 3 is 2.88 bits per heavy atom. The first-order valence-electron chi connectivity index (χ1n) is 8.19. The zero-order chi connectivity index (χ0) is 16.9. The normalized spacial score (nSPS) is 13.5. The lowest BCUT2D eigenvalue weighted by Gasteiger charge is -2.08. The van der Waals surface area contributed by atoms with Crippen LogP contribution in [0.15, 0.2) is 24.3 Å². The number of para-hydroxylation sites is 1. The molecule has 0 spiro atoms. The maximum atomic E-state index is 12.4. The van der Waals surface area contributed by atoms with Crippen molar-refractivity contribution >= 4 is 22.2 Å². The van der Waals surface area contributed by atoms with E-state index in [9.17, 15) is 10.1 Å². The highest BCUT2D eigenvalue weighted by atomic mass is 32.1. The third-order valence-electron chi connectivity index (χ3n) is 4.33. The molecule has 0 unspecified atom stereocenters. The number of hydrogen-bond donors (Lipinski definition) is 1. The molecule has 1 amide bonds. The summed E-state index contributed by atoms with van der Waals surface area (Å²) in [5, 5.41) is 13.2. The summed E-state index contributed by atoms with van der Waals surface area (Å²) in [7, 11) is 1.60. The van der Waals surface area contributed by atoms with Crippen LogP contribution in [0.5, 0.6) is 5.75 Å². The van der Waals surface area contributed by atoms with Gasteiger partial charge in [-0.3, -0.25) is 4.79 Å². The molecule has 124 valence electrons. The van der Waals surface area contributed by atoms with Gasteiger partial charge in [0.05, 0.1) is 19.1 Å². The van der Waals surface area contributed by atoms with Gasteiger partial charge in [-0.2, -0.15) is 5.26 Å². The van der Waals surface area contributed by atoms with Gasteiger partial charge in [0, 0.05) is 10.4 Å². The molecule has 24 heavy (non-hydrogen) atoms. The topological polar surface area (TPSA) is 62.1 Å². The zero-order valence-corrected chi connectivity index (χ0v) is 14.5. The van der Waals surface area contributed by atoms with E-state index < -0.39 is 0 Å². The first-order valence-corrected chi connectivity index (χ1v) is 9.01. The molecule has 0 atom stereocenters. The number of aryl methyl sites for hydroxylation is 1. The molecule has 1 N–H and O–H groups in total. The Bertz CT molecular complexity index is 789. The van der Waals surface area contributed by atoms with E-state index in [0.29, 0.717) is 16.3 Å². The van der Waals surface area contributed by atoms with Crippen molar-refractivity contribution in [3.8, 4) is 11.8 Å². The highest BCUT2D eigenvalue weighted by Gasteiger charge is 2.21. The van der Waals surface area contributed by atoms with Crippen LogP contribution in [0.1, 0.15) is 40.8 Å². The predicted octanol–water partition coefficient (Wildman–Crippen LogP) is 4.08. The monoisotopic (exact) mass is 340 g/mol. The Balaban J connectivity index is 1.79. The summed E-state index contributed by atoms with van der Waals surface area (Å²) in [6.07, 6.45) is 5.67. The van der Waals surface area contributed by atoms with E-state index >= 15 is 0 Å². The second kappa shape index (κ2) is 7.50. The van der Waals surface area contributed by atoms with Crippen molar-refractivity contribution in [1.29, 1.82) is 5.26 Å². The second-order valence-corrected chi connectivity index (χ2v) is 7.02. The SMILES string of the molecule is COc1ccccc1CC(=O)Nc1sc2c(c1C#N)CCCCC2. The first kappa shape index (κ1) is 16.5. The van der Waals surface area contributed by atoms with Crippen molar-refractivity contribution in [3.63, 3.8) is 0 Å². The smallest absolute Gasteiger partial charge is 0.229 e. The molecule has 2 aromatic rings. The van der Waals surface area contributed by atoms with Crippen molar-refractivity contribution in [2.75, 3.05) is 12.4 Å². The van der Waals surface area contributed by atoms with Gasteiger partial charge in [-0.1, -0.05) is 24.6 Å².